The Morgan fingerprint density at radius 3 is 2.35 bits per heavy atom. The smallest absolute Gasteiger partial charge is 0.418 e. The Morgan fingerprint density at radius 2 is 1.88 bits per heavy atom. The SMILES string of the molecule is O=C(O)CCO[C@H](c1ccccc1)C(F)(F)F. The molecule has 6 heteroatoms. The molecule has 3 nitrogen and oxygen atoms in total. The molecule has 0 aromatic heterocycles. The van der Waals surface area contributed by atoms with E-state index in [2.05, 4.69) is 4.74 Å². The van der Waals surface area contributed by atoms with Crippen LogP contribution in [0.2, 0.25) is 0 Å². The summed E-state index contributed by atoms with van der Waals surface area (Å²) in [6, 6.07) is 7.11. The maximum absolute atomic E-state index is 12.7. The van der Waals surface area contributed by atoms with Crippen LogP contribution in [0.4, 0.5) is 13.2 Å². The highest BCUT2D eigenvalue weighted by Gasteiger charge is 2.41. The Morgan fingerprint density at radius 1 is 1.29 bits per heavy atom. The van der Waals surface area contributed by atoms with E-state index < -0.39 is 31.3 Å². The molecule has 0 radical (unpaired) electrons. The van der Waals surface area contributed by atoms with Gasteiger partial charge in [-0.15, -0.1) is 0 Å². The van der Waals surface area contributed by atoms with Crippen molar-refractivity contribution in [2.45, 2.75) is 18.7 Å². The Balaban J connectivity index is 2.72. The first-order chi connectivity index (χ1) is 7.91. The Labute approximate surface area is 95.8 Å². The predicted molar refractivity (Wildman–Crippen MR) is 53.4 cm³/mol. The van der Waals surface area contributed by atoms with Gasteiger partial charge in [0.2, 0.25) is 0 Å². The number of halogens is 3. The molecule has 94 valence electrons. The number of hydrogen-bond donors (Lipinski definition) is 1. The van der Waals surface area contributed by atoms with Gasteiger partial charge in [-0.25, -0.2) is 0 Å². The number of hydrogen-bond acceptors (Lipinski definition) is 2. The molecule has 1 aromatic rings. The van der Waals surface area contributed by atoms with E-state index in [0.717, 1.165) is 0 Å². The van der Waals surface area contributed by atoms with Crippen LogP contribution in [0.15, 0.2) is 30.3 Å². The van der Waals surface area contributed by atoms with Crippen molar-refractivity contribution in [3.05, 3.63) is 35.9 Å². The van der Waals surface area contributed by atoms with Crippen molar-refractivity contribution < 1.29 is 27.8 Å². The molecule has 0 aliphatic heterocycles. The number of carboxylic acids is 1. The topological polar surface area (TPSA) is 46.5 Å². The van der Waals surface area contributed by atoms with Crippen molar-refractivity contribution in [1.29, 1.82) is 0 Å². The van der Waals surface area contributed by atoms with Crippen molar-refractivity contribution in [1.82, 2.24) is 0 Å². The summed E-state index contributed by atoms with van der Waals surface area (Å²) in [5, 5.41) is 8.34. The average molecular weight is 248 g/mol. The lowest BCUT2D eigenvalue weighted by atomic mass is 10.1. The third-order valence-corrected chi connectivity index (χ3v) is 2.00. The van der Waals surface area contributed by atoms with Crippen LogP contribution in [0.5, 0.6) is 0 Å². The lowest BCUT2D eigenvalue weighted by Gasteiger charge is -2.20. The number of carboxylic acid groups (broad SMARTS) is 1. The molecular formula is C11H11F3O3. The Hall–Kier alpha value is -1.56. The molecule has 1 atom stereocenters. The summed E-state index contributed by atoms with van der Waals surface area (Å²) in [7, 11) is 0. The lowest BCUT2D eigenvalue weighted by molar-refractivity contribution is -0.224. The minimum Gasteiger partial charge on any atom is -0.481 e. The first kappa shape index (κ1) is 13.5. The highest BCUT2D eigenvalue weighted by Crippen LogP contribution is 2.35. The van der Waals surface area contributed by atoms with E-state index in [9.17, 15) is 18.0 Å². The zero-order chi connectivity index (χ0) is 12.9. The Kier molecular flexibility index (Phi) is 4.51. The van der Waals surface area contributed by atoms with Gasteiger partial charge in [-0.1, -0.05) is 30.3 Å². The second kappa shape index (κ2) is 5.67. The zero-order valence-electron chi connectivity index (χ0n) is 8.78. The molecule has 1 aromatic carbocycles. The number of carbonyl (C=O) groups is 1. The maximum Gasteiger partial charge on any atom is 0.418 e. The fourth-order valence-corrected chi connectivity index (χ4v) is 1.27. The number of aliphatic carboxylic acids is 1. The quantitative estimate of drug-likeness (QED) is 0.871. The van der Waals surface area contributed by atoms with Crippen LogP contribution < -0.4 is 0 Å². The minimum absolute atomic E-state index is 0.0367. The molecule has 0 aliphatic carbocycles. The van der Waals surface area contributed by atoms with Gasteiger partial charge in [0.1, 0.15) is 0 Å². The predicted octanol–water partition coefficient (Wildman–Crippen LogP) is 2.78. The fraction of sp³-hybridized carbons (Fsp3) is 0.364. The van der Waals surface area contributed by atoms with Crippen molar-refractivity contribution >= 4 is 5.97 Å². The molecule has 0 bridgehead atoms. The molecule has 0 fully saturated rings. The van der Waals surface area contributed by atoms with Crippen molar-refractivity contribution in [3.8, 4) is 0 Å². The van der Waals surface area contributed by atoms with Crippen LogP contribution in [-0.2, 0) is 9.53 Å². The zero-order valence-corrected chi connectivity index (χ0v) is 8.78. The number of benzene rings is 1. The summed E-state index contributed by atoms with van der Waals surface area (Å²) < 4.78 is 42.6. The number of rotatable bonds is 5. The average Bonchev–Trinajstić information content (AvgIpc) is 2.23. The lowest BCUT2D eigenvalue weighted by Crippen LogP contribution is -2.24. The van der Waals surface area contributed by atoms with Gasteiger partial charge in [0.15, 0.2) is 6.10 Å². The van der Waals surface area contributed by atoms with Gasteiger partial charge >= 0.3 is 12.1 Å². The van der Waals surface area contributed by atoms with E-state index in [1.54, 1.807) is 6.07 Å². The summed E-state index contributed by atoms with van der Waals surface area (Å²) >= 11 is 0. The van der Waals surface area contributed by atoms with Gasteiger partial charge in [0.25, 0.3) is 0 Å². The van der Waals surface area contributed by atoms with E-state index in [-0.39, 0.29) is 5.56 Å². The largest absolute Gasteiger partial charge is 0.481 e. The molecule has 17 heavy (non-hydrogen) atoms. The van der Waals surface area contributed by atoms with Crippen molar-refractivity contribution in [2.24, 2.45) is 0 Å². The number of ether oxygens (including phenoxy) is 1. The summed E-state index contributed by atoms with van der Waals surface area (Å²) in [6.45, 7) is -0.478. The molecule has 0 saturated heterocycles. The number of alkyl halides is 3. The molecule has 0 heterocycles. The van der Waals surface area contributed by atoms with Gasteiger partial charge in [0, 0.05) is 0 Å². The van der Waals surface area contributed by atoms with Gasteiger partial charge < -0.3 is 9.84 Å². The van der Waals surface area contributed by atoms with E-state index >= 15 is 0 Å². The monoisotopic (exact) mass is 248 g/mol. The third kappa shape index (κ3) is 4.44. The third-order valence-electron chi connectivity index (χ3n) is 2.00. The highest BCUT2D eigenvalue weighted by atomic mass is 19.4. The summed E-state index contributed by atoms with van der Waals surface area (Å²) in [6.07, 6.45) is -7.10. The summed E-state index contributed by atoms with van der Waals surface area (Å²) in [5.74, 6) is -1.20. The van der Waals surface area contributed by atoms with Gasteiger partial charge in [-0.3, -0.25) is 4.79 Å². The van der Waals surface area contributed by atoms with Crippen LogP contribution in [0.25, 0.3) is 0 Å². The standard InChI is InChI=1S/C11H11F3O3/c12-11(13,14)10(17-7-6-9(15)16)8-4-2-1-3-5-8/h1-5,10H,6-7H2,(H,15,16)/t10-/m1/s1. The summed E-state index contributed by atoms with van der Waals surface area (Å²) in [4.78, 5) is 10.2. The first-order valence-electron chi connectivity index (χ1n) is 4.86. The second-order valence-electron chi connectivity index (χ2n) is 3.35. The van der Waals surface area contributed by atoms with Crippen molar-refractivity contribution in [3.63, 3.8) is 0 Å². The van der Waals surface area contributed by atoms with Gasteiger partial charge in [-0.2, -0.15) is 13.2 Å². The molecule has 0 saturated carbocycles. The molecule has 0 unspecified atom stereocenters. The molecule has 0 amide bonds. The molecule has 1 N–H and O–H groups in total. The van der Waals surface area contributed by atoms with Crippen molar-refractivity contribution in [2.75, 3.05) is 6.61 Å². The van der Waals surface area contributed by atoms with E-state index in [4.69, 9.17) is 5.11 Å². The minimum atomic E-state index is -4.56. The van der Waals surface area contributed by atoms with Crippen LogP contribution in [0.3, 0.4) is 0 Å². The molecule has 0 aliphatic rings. The maximum atomic E-state index is 12.7. The van der Waals surface area contributed by atoms with E-state index in [0.29, 0.717) is 0 Å². The van der Waals surface area contributed by atoms with Crippen LogP contribution in [-0.4, -0.2) is 23.9 Å². The van der Waals surface area contributed by atoms with Gasteiger partial charge in [0.05, 0.1) is 13.0 Å². The van der Waals surface area contributed by atoms with Gasteiger partial charge in [-0.05, 0) is 5.56 Å². The van der Waals surface area contributed by atoms with Crippen LogP contribution in [0.1, 0.15) is 18.1 Å². The summed E-state index contributed by atoms with van der Waals surface area (Å²) in [5.41, 5.74) is -0.0367. The first-order valence-corrected chi connectivity index (χ1v) is 4.86. The van der Waals surface area contributed by atoms with Crippen LogP contribution >= 0.6 is 0 Å². The molecular weight excluding hydrogens is 237 g/mol. The second-order valence-corrected chi connectivity index (χ2v) is 3.35. The normalized spacial score (nSPS) is 13.4. The molecule has 1 rings (SSSR count). The van der Waals surface area contributed by atoms with Crippen LogP contribution in [0, 0.1) is 0 Å². The fourth-order valence-electron chi connectivity index (χ4n) is 1.27. The van der Waals surface area contributed by atoms with E-state index in [1.165, 1.54) is 24.3 Å². The Bertz CT molecular complexity index is 362. The van der Waals surface area contributed by atoms with E-state index in [1.807, 2.05) is 0 Å². The highest BCUT2D eigenvalue weighted by molar-refractivity contribution is 5.66. The molecule has 0 spiro atoms.